The normalized spacial score (nSPS) is 13.8. The minimum absolute atomic E-state index is 0.224. The van der Waals surface area contributed by atoms with Crippen molar-refractivity contribution in [1.29, 1.82) is 0 Å². The number of aromatic nitrogens is 1. The van der Waals surface area contributed by atoms with Crippen LogP contribution in [0.25, 0.3) is 0 Å². The number of aryl methyl sites for hydroxylation is 1. The number of ether oxygens (including phenoxy) is 4. The van der Waals surface area contributed by atoms with E-state index in [9.17, 15) is 9.59 Å². The van der Waals surface area contributed by atoms with Gasteiger partial charge in [-0.05, 0) is 63.9 Å². The Balaban J connectivity index is 1.51. The molecular formula is C30H37N3O6S. The summed E-state index contributed by atoms with van der Waals surface area (Å²) in [4.78, 5) is 33.1. The summed E-state index contributed by atoms with van der Waals surface area (Å²) in [5.74, 6) is 1.28. The second-order valence-electron chi connectivity index (χ2n) is 10.7. The lowest BCUT2D eigenvalue weighted by molar-refractivity contribution is 0.0225. The van der Waals surface area contributed by atoms with Crippen LogP contribution in [0.2, 0.25) is 0 Å². The highest BCUT2D eigenvalue weighted by atomic mass is 32.1. The van der Waals surface area contributed by atoms with E-state index in [4.69, 9.17) is 18.9 Å². The molecule has 40 heavy (non-hydrogen) atoms. The van der Waals surface area contributed by atoms with Gasteiger partial charge in [0.05, 0.1) is 18.8 Å². The Kier molecular flexibility index (Phi) is 9.32. The molecule has 0 radical (unpaired) electrons. The predicted octanol–water partition coefficient (Wildman–Crippen LogP) is 6.46. The van der Waals surface area contributed by atoms with Gasteiger partial charge in [-0.25, -0.2) is 9.78 Å². The van der Waals surface area contributed by atoms with Crippen molar-refractivity contribution in [3.05, 3.63) is 64.2 Å². The van der Waals surface area contributed by atoms with Gasteiger partial charge in [-0.2, -0.15) is 0 Å². The smallest absolute Gasteiger partial charge is 0.410 e. The number of anilines is 1. The van der Waals surface area contributed by atoms with Gasteiger partial charge in [-0.3, -0.25) is 10.1 Å². The maximum atomic E-state index is 13.3. The van der Waals surface area contributed by atoms with E-state index in [1.165, 1.54) is 16.9 Å². The van der Waals surface area contributed by atoms with Crippen LogP contribution in [0.5, 0.6) is 17.2 Å². The van der Waals surface area contributed by atoms with Crippen molar-refractivity contribution in [2.45, 2.75) is 65.7 Å². The zero-order valence-corrected chi connectivity index (χ0v) is 24.7. The van der Waals surface area contributed by atoms with Crippen LogP contribution in [0.15, 0.2) is 42.5 Å². The lowest BCUT2D eigenvalue weighted by Gasteiger charge is -2.29. The van der Waals surface area contributed by atoms with Crippen molar-refractivity contribution >= 4 is 28.5 Å². The summed E-state index contributed by atoms with van der Waals surface area (Å²) < 4.78 is 22.8. The van der Waals surface area contributed by atoms with Crippen molar-refractivity contribution in [2.75, 3.05) is 25.6 Å². The van der Waals surface area contributed by atoms with E-state index < -0.39 is 5.60 Å². The number of nitrogens with one attached hydrogen (secondary N) is 1. The quantitative estimate of drug-likeness (QED) is 0.317. The zero-order chi connectivity index (χ0) is 28.9. The molecular weight excluding hydrogens is 530 g/mol. The molecule has 0 spiro atoms. The molecule has 3 aromatic rings. The third kappa shape index (κ3) is 7.95. The van der Waals surface area contributed by atoms with Crippen LogP contribution in [-0.4, -0.2) is 53.9 Å². The first kappa shape index (κ1) is 29.4. The summed E-state index contributed by atoms with van der Waals surface area (Å²) in [6.45, 7) is 10.8. The van der Waals surface area contributed by atoms with E-state index >= 15 is 0 Å². The van der Waals surface area contributed by atoms with E-state index in [1.807, 2.05) is 52.0 Å². The average Bonchev–Trinajstić information content (AvgIpc) is 3.29. The zero-order valence-electron chi connectivity index (χ0n) is 23.9. The number of hydrogen-bond donors (Lipinski definition) is 1. The molecule has 1 unspecified atom stereocenters. The molecule has 214 valence electrons. The van der Waals surface area contributed by atoms with Gasteiger partial charge in [0.25, 0.3) is 5.91 Å². The number of nitrogens with zero attached hydrogens (tertiary/aromatic N) is 2. The fraction of sp³-hybridized carbons (Fsp3) is 0.433. The summed E-state index contributed by atoms with van der Waals surface area (Å²) in [6.07, 6.45) is 0.952. The van der Waals surface area contributed by atoms with E-state index in [-0.39, 0.29) is 18.1 Å². The molecule has 0 fully saturated rings. The van der Waals surface area contributed by atoms with Gasteiger partial charge in [-0.1, -0.05) is 30.4 Å². The average molecular weight is 568 g/mol. The maximum Gasteiger partial charge on any atom is 0.410 e. The Morgan fingerprint density at radius 2 is 1.82 bits per heavy atom. The Hall–Kier alpha value is -3.63. The van der Waals surface area contributed by atoms with Crippen LogP contribution in [0.4, 0.5) is 9.93 Å². The Bertz CT molecular complexity index is 1330. The number of thiazole rings is 1. The second kappa shape index (κ2) is 12.7. The highest BCUT2D eigenvalue weighted by Gasteiger charge is 2.28. The van der Waals surface area contributed by atoms with E-state index in [1.54, 1.807) is 30.2 Å². The SMILES string of the molecule is CCc1ccc(Oc2cc(OC(C)COC)cc(C(=O)Nc3nc4c(s3)CN(C(=O)OC(C)(C)C)CC4)c2)cc1. The molecule has 10 heteroatoms. The third-order valence-corrected chi connectivity index (χ3v) is 7.05. The van der Waals surface area contributed by atoms with Crippen molar-refractivity contribution in [1.82, 2.24) is 9.88 Å². The number of carbonyl (C=O) groups is 2. The van der Waals surface area contributed by atoms with Gasteiger partial charge in [-0.15, -0.1) is 0 Å². The fourth-order valence-electron chi connectivity index (χ4n) is 4.16. The second-order valence-corrected chi connectivity index (χ2v) is 11.8. The first-order valence-corrected chi connectivity index (χ1v) is 14.2. The monoisotopic (exact) mass is 567 g/mol. The number of benzene rings is 2. The Morgan fingerprint density at radius 3 is 2.50 bits per heavy atom. The lowest BCUT2D eigenvalue weighted by Crippen LogP contribution is -2.39. The van der Waals surface area contributed by atoms with Crippen LogP contribution in [0, 0.1) is 0 Å². The number of carbonyl (C=O) groups excluding carboxylic acids is 2. The first-order valence-electron chi connectivity index (χ1n) is 13.4. The molecule has 2 heterocycles. The summed E-state index contributed by atoms with van der Waals surface area (Å²) in [6, 6.07) is 12.9. The molecule has 9 nitrogen and oxygen atoms in total. The van der Waals surface area contributed by atoms with Crippen LogP contribution >= 0.6 is 11.3 Å². The van der Waals surface area contributed by atoms with Crippen LogP contribution in [0.1, 0.15) is 61.1 Å². The van der Waals surface area contributed by atoms with Gasteiger partial charge in [0.1, 0.15) is 29.0 Å². The maximum absolute atomic E-state index is 13.3. The molecule has 1 N–H and O–H groups in total. The van der Waals surface area contributed by atoms with Crippen molar-refractivity contribution < 1.29 is 28.5 Å². The van der Waals surface area contributed by atoms with Crippen LogP contribution < -0.4 is 14.8 Å². The topological polar surface area (TPSA) is 99.2 Å². The molecule has 0 bridgehead atoms. The number of hydrogen-bond acceptors (Lipinski definition) is 8. The number of rotatable bonds is 9. The molecule has 2 aromatic carbocycles. The van der Waals surface area contributed by atoms with Gasteiger partial charge in [0.2, 0.25) is 0 Å². The Morgan fingerprint density at radius 1 is 1.10 bits per heavy atom. The largest absolute Gasteiger partial charge is 0.488 e. The number of amides is 2. The molecule has 0 saturated carbocycles. The van der Waals surface area contributed by atoms with Crippen LogP contribution in [-0.2, 0) is 28.9 Å². The molecule has 2 amide bonds. The van der Waals surface area contributed by atoms with E-state index in [0.29, 0.717) is 54.1 Å². The third-order valence-electron chi connectivity index (χ3n) is 6.05. The summed E-state index contributed by atoms with van der Waals surface area (Å²) >= 11 is 1.36. The summed E-state index contributed by atoms with van der Waals surface area (Å²) in [7, 11) is 1.61. The first-order chi connectivity index (χ1) is 19.0. The number of methoxy groups -OCH3 is 1. The molecule has 1 aromatic heterocycles. The minimum atomic E-state index is -0.564. The van der Waals surface area contributed by atoms with Crippen molar-refractivity contribution in [2.24, 2.45) is 0 Å². The molecule has 1 aliphatic rings. The fourth-order valence-corrected chi connectivity index (χ4v) is 5.18. The molecule has 4 rings (SSSR count). The standard InChI is InChI=1S/C30H37N3O6S/c1-7-20-8-10-22(11-9-20)38-24-15-21(14-23(16-24)37-19(2)18-36-6)27(34)32-28-31-25-12-13-33(17-26(25)40-28)29(35)39-30(3,4)5/h8-11,14-16,19H,7,12-13,17-18H2,1-6H3,(H,31,32,34). The van der Waals surface area contributed by atoms with E-state index in [0.717, 1.165) is 17.0 Å². The van der Waals surface area contributed by atoms with Crippen molar-refractivity contribution in [3.8, 4) is 17.2 Å². The van der Waals surface area contributed by atoms with Gasteiger partial charge >= 0.3 is 6.09 Å². The lowest BCUT2D eigenvalue weighted by atomic mass is 10.1. The van der Waals surface area contributed by atoms with Gasteiger partial charge in [0.15, 0.2) is 5.13 Å². The van der Waals surface area contributed by atoms with Gasteiger partial charge in [0, 0.05) is 36.6 Å². The minimum Gasteiger partial charge on any atom is -0.488 e. The van der Waals surface area contributed by atoms with Crippen molar-refractivity contribution in [3.63, 3.8) is 0 Å². The van der Waals surface area contributed by atoms with Gasteiger partial charge < -0.3 is 23.8 Å². The molecule has 0 aliphatic carbocycles. The summed E-state index contributed by atoms with van der Waals surface area (Å²) in [5.41, 5.74) is 1.89. The molecule has 1 aliphatic heterocycles. The summed E-state index contributed by atoms with van der Waals surface area (Å²) in [5, 5.41) is 3.38. The number of fused-ring (bicyclic) bond motifs is 1. The predicted molar refractivity (Wildman–Crippen MR) is 155 cm³/mol. The highest BCUT2D eigenvalue weighted by molar-refractivity contribution is 7.15. The molecule has 1 atom stereocenters. The highest BCUT2D eigenvalue weighted by Crippen LogP contribution is 2.32. The molecule has 0 saturated heterocycles. The Labute approximate surface area is 239 Å². The van der Waals surface area contributed by atoms with E-state index in [2.05, 4.69) is 17.2 Å². The van der Waals surface area contributed by atoms with Crippen LogP contribution in [0.3, 0.4) is 0 Å².